The van der Waals surface area contributed by atoms with E-state index in [0.717, 1.165) is 51.8 Å². The molecule has 108 valence electrons. The molecule has 1 saturated heterocycles. The van der Waals surface area contributed by atoms with Crippen molar-refractivity contribution in [3.8, 4) is 0 Å². The second kappa shape index (κ2) is 7.50. The molecule has 5 heteroatoms. The molecular formula is C14H25N3O2. The highest BCUT2D eigenvalue weighted by molar-refractivity contribution is 5.27. The van der Waals surface area contributed by atoms with Crippen LogP contribution in [0.2, 0.25) is 0 Å². The topological polar surface area (TPSA) is 48.3 Å². The summed E-state index contributed by atoms with van der Waals surface area (Å²) in [5, 5.41) is 3.50. The van der Waals surface area contributed by atoms with Crippen molar-refractivity contribution >= 4 is 5.95 Å². The highest BCUT2D eigenvalue weighted by Crippen LogP contribution is 2.19. The van der Waals surface area contributed by atoms with Crippen LogP contribution in [0.3, 0.4) is 0 Å². The minimum atomic E-state index is 0.399. The van der Waals surface area contributed by atoms with E-state index in [2.05, 4.69) is 21.8 Å². The molecule has 0 amide bonds. The number of ether oxygens (including phenoxy) is 2. The van der Waals surface area contributed by atoms with E-state index in [-0.39, 0.29) is 0 Å². The van der Waals surface area contributed by atoms with Crippen LogP contribution in [0.5, 0.6) is 0 Å². The molecule has 1 aromatic rings. The molecule has 1 fully saturated rings. The van der Waals surface area contributed by atoms with Gasteiger partial charge in [-0.15, -0.1) is 0 Å². The second-order valence-corrected chi connectivity index (χ2v) is 5.05. The summed E-state index contributed by atoms with van der Waals surface area (Å²) in [5.74, 6) is 1.55. The number of anilines is 1. The van der Waals surface area contributed by atoms with Crippen molar-refractivity contribution in [1.82, 2.24) is 9.55 Å². The van der Waals surface area contributed by atoms with Crippen molar-refractivity contribution in [3.05, 3.63) is 12.4 Å². The van der Waals surface area contributed by atoms with Gasteiger partial charge in [-0.2, -0.15) is 0 Å². The molecular weight excluding hydrogens is 242 g/mol. The molecule has 2 heterocycles. The number of aryl methyl sites for hydroxylation is 1. The van der Waals surface area contributed by atoms with E-state index in [1.165, 1.54) is 0 Å². The number of rotatable bonds is 8. The molecule has 1 N–H and O–H groups in total. The van der Waals surface area contributed by atoms with E-state index >= 15 is 0 Å². The normalized spacial score (nSPS) is 20.6. The Morgan fingerprint density at radius 2 is 2.53 bits per heavy atom. The lowest BCUT2D eigenvalue weighted by Gasteiger charge is -2.20. The van der Waals surface area contributed by atoms with Gasteiger partial charge in [0, 0.05) is 50.7 Å². The van der Waals surface area contributed by atoms with Crippen LogP contribution in [0.1, 0.15) is 26.7 Å². The fourth-order valence-corrected chi connectivity index (χ4v) is 2.38. The smallest absolute Gasteiger partial charge is 0.202 e. The lowest BCUT2D eigenvalue weighted by atomic mass is 10.0. The summed E-state index contributed by atoms with van der Waals surface area (Å²) >= 11 is 0. The molecule has 19 heavy (non-hydrogen) atoms. The zero-order valence-electron chi connectivity index (χ0n) is 12.0. The average molecular weight is 267 g/mol. The zero-order valence-corrected chi connectivity index (χ0v) is 12.0. The first-order valence-electron chi connectivity index (χ1n) is 7.24. The largest absolute Gasteiger partial charge is 0.382 e. The third kappa shape index (κ3) is 4.21. The van der Waals surface area contributed by atoms with Gasteiger partial charge in [-0.3, -0.25) is 0 Å². The van der Waals surface area contributed by atoms with Gasteiger partial charge >= 0.3 is 0 Å². The summed E-state index contributed by atoms with van der Waals surface area (Å²) in [7, 11) is 0. The molecule has 2 unspecified atom stereocenters. The second-order valence-electron chi connectivity index (χ2n) is 5.05. The summed E-state index contributed by atoms with van der Waals surface area (Å²) in [6.45, 7) is 8.51. The molecule has 0 aliphatic carbocycles. The Morgan fingerprint density at radius 3 is 3.26 bits per heavy atom. The van der Waals surface area contributed by atoms with Crippen LogP contribution in [-0.2, 0) is 16.0 Å². The van der Waals surface area contributed by atoms with Gasteiger partial charge in [0.1, 0.15) is 0 Å². The number of hydrogen-bond donors (Lipinski definition) is 1. The summed E-state index contributed by atoms with van der Waals surface area (Å²) in [6, 6.07) is 0.399. The highest BCUT2D eigenvalue weighted by Gasteiger charge is 2.23. The summed E-state index contributed by atoms with van der Waals surface area (Å²) in [5.41, 5.74) is 0. The Morgan fingerprint density at radius 1 is 1.63 bits per heavy atom. The van der Waals surface area contributed by atoms with Crippen molar-refractivity contribution in [3.63, 3.8) is 0 Å². The number of nitrogens with zero attached hydrogens (tertiary/aromatic N) is 2. The summed E-state index contributed by atoms with van der Waals surface area (Å²) < 4.78 is 13.0. The van der Waals surface area contributed by atoms with Crippen molar-refractivity contribution in [2.75, 3.05) is 31.7 Å². The molecule has 0 aromatic carbocycles. The maximum atomic E-state index is 5.44. The van der Waals surface area contributed by atoms with Crippen LogP contribution in [0.15, 0.2) is 12.4 Å². The molecule has 0 saturated carbocycles. The van der Waals surface area contributed by atoms with Crippen LogP contribution in [0.4, 0.5) is 5.95 Å². The molecule has 1 aromatic heterocycles. The Hall–Kier alpha value is -1.07. The first-order valence-corrected chi connectivity index (χ1v) is 7.24. The number of imidazole rings is 1. The predicted octanol–water partition coefficient (Wildman–Crippen LogP) is 2.15. The molecule has 0 radical (unpaired) electrons. The predicted molar refractivity (Wildman–Crippen MR) is 75.3 cm³/mol. The minimum absolute atomic E-state index is 0.399. The maximum Gasteiger partial charge on any atom is 0.202 e. The lowest BCUT2D eigenvalue weighted by Crippen LogP contribution is -2.27. The van der Waals surface area contributed by atoms with E-state index in [1.807, 2.05) is 19.3 Å². The molecule has 0 bridgehead atoms. The van der Waals surface area contributed by atoms with Crippen molar-refractivity contribution in [2.24, 2.45) is 5.92 Å². The van der Waals surface area contributed by atoms with E-state index in [9.17, 15) is 0 Å². The summed E-state index contributed by atoms with van der Waals surface area (Å²) in [4.78, 5) is 4.40. The molecule has 5 nitrogen and oxygen atoms in total. The lowest BCUT2D eigenvalue weighted by molar-refractivity contribution is 0.142. The Labute approximate surface area is 115 Å². The van der Waals surface area contributed by atoms with E-state index in [1.54, 1.807) is 0 Å². The summed E-state index contributed by atoms with van der Waals surface area (Å²) in [6.07, 6.45) is 6.02. The van der Waals surface area contributed by atoms with Crippen molar-refractivity contribution in [2.45, 2.75) is 39.3 Å². The van der Waals surface area contributed by atoms with Gasteiger partial charge in [0.15, 0.2) is 0 Å². The van der Waals surface area contributed by atoms with Gasteiger partial charge < -0.3 is 19.4 Å². The molecule has 1 aliphatic heterocycles. The third-order valence-corrected chi connectivity index (χ3v) is 3.64. The number of nitrogens with one attached hydrogen (secondary N) is 1. The zero-order chi connectivity index (χ0) is 13.5. The Balaban J connectivity index is 1.81. The Kier molecular flexibility index (Phi) is 5.66. The van der Waals surface area contributed by atoms with Crippen LogP contribution >= 0.6 is 0 Å². The highest BCUT2D eigenvalue weighted by atomic mass is 16.5. The molecule has 0 spiro atoms. The molecule has 2 rings (SSSR count). The van der Waals surface area contributed by atoms with Gasteiger partial charge in [0.05, 0.1) is 6.61 Å². The minimum Gasteiger partial charge on any atom is -0.382 e. The first kappa shape index (κ1) is 14.3. The SMILES string of the molecule is CCOCCCn1ccnc1NC(C)C1CCOC1. The Bertz CT molecular complexity index is 361. The number of hydrogen-bond acceptors (Lipinski definition) is 4. The fraction of sp³-hybridized carbons (Fsp3) is 0.786. The van der Waals surface area contributed by atoms with Gasteiger partial charge in [-0.25, -0.2) is 4.98 Å². The van der Waals surface area contributed by atoms with Crippen LogP contribution < -0.4 is 5.32 Å². The average Bonchev–Trinajstić information content (AvgIpc) is 3.06. The molecule has 1 aliphatic rings. The van der Waals surface area contributed by atoms with Gasteiger partial charge in [-0.05, 0) is 26.7 Å². The first-order chi connectivity index (χ1) is 9.31. The van der Waals surface area contributed by atoms with Crippen molar-refractivity contribution in [1.29, 1.82) is 0 Å². The standard InChI is InChI=1S/C14H25N3O2/c1-3-18-9-4-7-17-8-6-15-14(17)16-12(2)13-5-10-19-11-13/h6,8,12-13H,3-5,7,9-11H2,1-2H3,(H,15,16). The van der Waals surface area contributed by atoms with E-state index in [4.69, 9.17) is 9.47 Å². The van der Waals surface area contributed by atoms with Crippen LogP contribution in [-0.4, -0.2) is 42.0 Å². The third-order valence-electron chi connectivity index (χ3n) is 3.64. The monoisotopic (exact) mass is 267 g/mol. The van der Waals surface area contributed by atoms with Crippen molar-refractivity contribution < 1.29 is 9.47 Å². The molecule has 2 atom stereocenters. The maximum absolute atomic E-state index is 5.44. The van der Waals surface area contributed by atoms with Crippen LogP contribution in [0.25, 0.3) is 0 Å². The van der Waals surface area contributed by atoms with Gasteiger partial charge in [-0.1, -0.05) is 0 Å². The van der Waals surface area contributed by atoms with Gasteiger partial charge in [0.25, 0.3) is 0 Å². The fourth-order valence-electron chi connectivity index (χ4n) is 2.38. The van der Waals surface area contributed by atoms with E-state index < -0.39 is 0 Å². The number of aromatic nitrogens is 2. The van der Waals surface area contributed by atoms with Crippen LogP contribution in [0, 0.1) is 5.92 Å². The quantitative estimate of drug-likeness (QED) is 0.733. The van der Waals surface area contributed by atoms with E-state index in [0.29, 0.717) is 12.0 Å². The van der Waals surface area contributed by atoms with Gasteiger partial charge in [0.2, 0.25) is 5.95 Å².